The normalized spacial score (nSPS) is 24.6. The first-order valence-corrected chi connectivity index (χ1v) is 14.0. The van der Waals surface area contributed by atoms with Crippen LogP contribution in [0.3, 0.4) is 0 Å². The summed E-state index contributed by atoms with van der Waals surface area (Å²) < 4.78 is 5.71. The number of nitrogens with one attached hydrogen (secondary N) is 1. The molecule has 4 heterocycles. The molecule has 0 radical (unpaired) electrons. The van der Waals surface area contributed by atoms with Gasteiger partial charge in [0.2, 0.25) is 5.95 Å². The number of piperidine rings is 2. The number of hydrogen-bond donors (Lipinski definition) is 3. The number of hydrogen-bond acceptors (Lipinski definition) is 8. The minimum absolute atomic E-state index is 0.119. The van der Waals surface area contributed by atoms with Crippen LogP contribution in [0.4, 0.5) is 5.95 Å². The number of para-hydroxylation sites is 1. The molecule has 2 fully saturated rings. The van der Waals surface area contributed by atoms with Crippen LogP contribution in [0.1, 0.15) is 54.9 Å². The largest absolute Gasteiger partial charge is 0.483 e. The Balaban J connectivity index is 1.23. The standard InChI is InChI=1S/C29H39N5O5/c1-20-6-10-34(11-7-20)28-30-16-22(17-31-28)27(38)33-12-8-29(9-13-33)15-24(36)23(35)14-21-4-2-3-5-25(21)39-18-26(37)32-19-29/h2-5,16-17,20,23-24,35-36H,6-15,18-19H2,1H3,(H,32,37)/t23-,24+/m0/s1. The molecule has 0 unspecified atom stereocenters. The van der Waals surface area contributed by atoms with Crippen LogP contribution < -0.4 is 15.0 Å². The molecule has 3 aliphatic rings. The Bertz CT molecular complexity index is 1140. The van der Waals surface area contributed by atoms with E-state index in [-0.39, 0.29) is 24.8 Å². The number of aliphatic hydroxyl groups is 2. The third-order valence-corrected chi connectivity index (χ3v) is 8.57. The van der Waals surface area contributed by atoms with Gasteiger partial charge >= 0.3 is 0 Å². The summed E-state index contributed by atoms with van der Waals surface area (Å²) in [7, 11) is 0. The highest BCUT2D eigenvalue weighted by molar-refractivity contribution is 5.93. The summed E-state index contributed by atoms with van der Waals surface area (Å²) in [6.07, 6.45) is 5.24. The molecule has 1 aromatic heterocycles. The maximum Gasteiger partial charge on any atom is 0.257 e. The van der Waals surface area contributed by atoms with Crippen LogP contribution in [0.5, 0.6) is 5.75 Å². The van der Waals surface area contributed by atoms with Gasteiger partial charge in [-0.1, -0.05) is 25.1 Å². The highest BCUT2D eigenvalue weighted by atomic mass is 16.5. The molecular formula is C29H39N5O5. The fourth-order valence-corrected chi connectivity index (χ4v) is 5.86. The number of amides is 2. The third kappa shape index (κ3) is 6.50. The number of nitrogens with zero attached hydrogens (tertiary/aromatic N) is 4. The lowest BCUT2D eigenvalue weighted by Gasteiger charge is -2.43. The number of benzene rings is 1. The molecule has 2 aromatic rings. The highest BCUT2D eigenvalue weighted by Gasteiger charge is 2.40. The third-order valence-electron chi connectivity index (χ3n) is 8.57. The second kappa shape index (κ2) is 11.9. The second-order valence-electron chi connectivity index (χ2n) is 11.4. The van der Waals surface area contributed by atoms with E-state index in [1.807, 2.05) is 18.2 Å². The first-order valence-electron chi connectivity index (χ1n) is 14.0. The van der Waals surface area contributed by atoms with Gasteiger partial charge in [0.1, 0.15) is 5.75 Å². The SMILES string of the molecule is CC1CCN(c2ncc(C(=O)N3CCC4(CC3)CNC(=O)COc3ccccc3C[C@H](O)[C@H](O)C4)cn2)CC1. The van der Waals surface area contributed by atoms with Crippen LogP contribution in [0, 0.1) is 11.3 Å². The highest BCUT2D eigenvalue weighted by Crippen LogP contribution is 2.37. The van der Waals surface area contributed by atoms with Gasteiger partial charge in [-0.2, -0.15) is 0 Å². The number of carbonyl (C=O) groups is 2. The van der Waals surface area contributed by atoms with Crippen LogP contribution in [0.15, 0.2) is 36.7 Å². The summed E-state index contributed by atoms with van der Waals surface area (Å²) in [5.41, 5.74) is 0.755. The van der Waals surface area contributed by atoms with Crippen LogP contribution >= 0.6 is 0 Å². The summed E-state index contributed by atoms with van der Waals surface area (Å²) in [4.78, 5) is 38.7. The topological polar surface area (TPSA) is 128 Å². The Morgan fingerprint density at radius 3 is 2.46 bits per heavy atom. The first-order chi connectivity index (χ1) is 18.8. The number of aromatic nitrogens is 2. The molecule has 0 saturated carbocycles. The average Bonchev–Trinajstić information content (AvgIpc) is 2.96. The predicted molar refractivity (Wildman–Crippen MR) is 145 cm³/mol. The minimum atomic E-state index is -0.977. The quantitative estimate of drug-likeness (QED) is 0.529. The van der Waals surface area contributed by atoms with Crippen molar-refractivity contribution in [3.63, 3.8) is 0 Å². The molecular weight excluding hydrogens is 498 g/mol. The lowest BCUT2D eigenvalue weighted by atomic mass is 9.73. The number of aliphatic hydroxyl groups excluding tert-OH is 2. The Morgan fingerprint density at radius 2 is 1.74 bits per heavy atom. The Kier molecular flexibility index (Phi) is 8.32. The van der Waals surface area contributed by atoms with Crippen molar-refractivity contribution in [3.05, 3.63) is 47.8 Å². The van der Waals surface area contributed by atoms with Crippen molar-refractivity contribution in [2.45, 2.75) is 57.7 Å². The lowest BCUT2D eigenvalue weighted by Crippen LogP contribution is -2.51. The number of carbonyl (C=O) groups excluding carboxylic acids is 2. The molecule has 2 atom stereocenters. The zero-order chi connectivity index (χ0) is 27.4. The molecule has 1 spiro atoms. The minimum Gasteiger partial charge on any atom is -0.483 e. The molecule has 0 aliphatic carbocycles. The summed E-state index contributed by atoms with van der Waals surface area (Å²) in [6, 6.07) is 7.24. The van der Waals surface area contributed by atoms with Gasteiger partial charge in [-0.25, -0.2) is 9.97 Å². The van der Waals surface area contributed by atoms with E-state index in [2.05, 4.69) is 27.1 Å². The fraction of sp³-hybridized carbons (Fsp3) is 0.586. The molecule has 10 heteroatoms. The van der Waals surface area contributed by atoms with Gasteiger partial charge in [0.05, 0.1) is 17.8 Å². The maximum absolute atomic E-state index is 13.3. The van der Waals surface area contributed by atoms with Crippen molar-refractivity contribution >= 4 is 17.8 Å². The monoisotopic (exact) mass is 537 g/mol. The number of fused-ring (bicyclic) bond motifs is 1. The van der Waals surface area contributed by atoms with Crippen LogP contribution in [-0.4, -0.2) is 88.4 Å². The van der Waals surface area contributed by atoms with Crippen molar-refractivity contribution in [2.24, 2.45) is 11.3 Å². The fourth-order valence-electron chi connectivity index (χ4n) is 5.86. The molecule has 0 bridgehead atoms. The number of rotatable bonds is 2. The maximum atomic E-state index is 13.3. The van der Waals surface area contributed by atoms with E-state index in [1.54, 1.807) is 23.4 Å². The predicted octanol–water partition coefficient (Wildman–Crippen LogP) is 1.80. The van der Waals surface area contributed by atoms with Gasteiger partial charge < -0.3 is 30.1 Å². The average molecular weight is 538 g/mol. The molecule has 210 valence electrons. The van der Waals surface area contributed by atoms with Gasteiger partial charge in [-0.3, -0.25) is 9.59 Å². The number of likely N-dealkylation sites (tertiary alicyclic amines) is 1. The van der Waals surface area contributed by atoms with Crippen molar-refractivity contribution < 1.29 is 24.5 Å². The van der Waals surface area contributed by atoms with Crippen LogP contribution in [0.2, 0.25) is 0 Å². The summed E-state index contributed by atoms with van der Waals surface area (Å²) >= 11 is 0. The second-order valence-corrected chi connectivity index (χ2v) is 11.4. The van der Waals surface area contributed by atoms with E-state index in [9.17, 15) is 19.8 Å². The van der Waals surface area contributed by atoms with Crippen molar-refractivity contribution in [2.75, 3.05) is 44.2 Å². The Morgan fingerprint density at radius 1 is 1.05 bits per heavy atom. The molecule has 5 rings (SSSR count). The van der Waals surface area contributed by atoms with Crippen LogP contribution in [-0.2, 0) is 11.2 Å². The van der Waals surface area contributed by atoms with E-state index in [0.29, 0.717) is 62.1 Å². The lowest BCUT2D eigenvalue weighted by molar-refractivity contribution is -0.124. The van der Waals surface area contributed by atoms with E-state index in [0.717, 1.165) is 31.5 Å². The molecule has 2 saturated heterocycles. The van der Waals surface area contributed by atoms with Crippen LogP contribution in [0.25, 0.3) is 0 Å². The van der Waals surface area contributed by atoms with Gasteiger partial charge in [-0.05, 0) is 55.1 Å². The zero-order valence-electron chi connectivity index (χ0n) is 22.6. The molecule has 39 heavy (non-hydrogen) atoms. The van der Waals surface area contributed by atoms with Gasteiger partial charge in [0, 0.05) is 51.5 Å². The zero-order valence-corrected chi connectivity index (χ0v) is 22.6. The van der Waals surface area contributed by atoms with E-state index in [4.69, 9.17) is 4.74 Å². The first kappa shape index (κ1) is 27.3. The van der Waals surface area contributed by atoms with E-state index in [1.165, 1.54) is 0 Å². The van der Waals surface area contributed by atoms with Gasteiger partial charge in [-0.15, -0.1) is 0 Å². The van der Waals surface area contributed by atoms with Crippen molar-refractivity contribution in [1.29, 1.82) is 0 Å². The van der Waals surface area contributed by atoms with E-state index >= 15 is 0 Å². The Hall–Kier alpha value is -3.24. The number of anilines is 1. The number of ether oxygens (including phenoxy) is 1. The molecule has 3 aliphatic heterocycles. The molecule has 10 nitrogen and oxygen atoms in total. The summed E-state index contributed by atoms with van der Waals surface area (Å²) in [6.45, 7) is 5.29. The molecule has 3 N–H and O–H groups in total. The smallest absolute Gasteiger partial charge is 0.257 e. The van der Waals surface area contributed by atoms with E-state index < -0.39 is 17.6 Å². The molecule has 1 aromatic carbocycles. The summed E-state index contributed by atoms with van der Waals surface area (Å²) in [5.74, 6) is 1.56. The van der Waals surface area contributed by atoms with Crippen molar-refractivity contribution in [1.82, 2.24) is 20.2 Å². The van der Waals surface area contributed by atoms with Gasteiger partial charge in [0.25, 0.3) is 11.8 Å². The van der Waals surface area contributed by atoms with Gasteiger partial charge in [0.15, 0.2) is 6.61 Å². The van der Waals surface area contributed by atoms with Crippen molar-refractivity contribution in [3.8, 4) is 5.75 Å². The summed E-state index contributed by atoms with van der Waals surface area (Å²) in [5, 5.41) is 24.7. The Labute approximate surface area is 229 Å². The molecule has 2 amide bonds.